The minimum atomic E-state index is -0.585. The largest absolute Gasteiger partial charge is 0.379 e. The van der Waals surface area contributed by atoms with Crippen LogP contribution in [0.5, 0.6) is 0 Å². The molecule has 3 amide bonds. The number of nitrogens with two attached hydrogens (primary N) is 1. The normalized spacial score (nSPS) is 32.6. The molecule has 0 aromatic heterocycles. The number of imide groups is 1. The van der Waals surface area contributed by atoms with Crippen molar-refractivity contribution in [3.63, 3.8) is 0 Å². The molecule has 3 fully saturated rings. The van der Waals surface area contributed by atoms with Crippen LogP contribution >= 0.6 is 0 Å². The molecular formula is C20H24N4O4. The quantitative estimate of drug-likeness (QED) is 0.688. The molecule has 148 valence electrons. The summed E-state index contributed by atoms with van der Waals surface area (Å²) in [7, 11) is 0. The molecule has 8 heteroatoms. The number of fused-ring (bicyclic) bond motifs is 2. The van der Waals surface area contributed by atoms with Crippen molar-refractivity contribution in [3.8, 4) is 0 Å². The summed E-state index contributed by atoms with van der Waals surface area (Å²) in [4.78, 5) is 40.6. The van der Waals surface area contributed by atoms with Crippen LogP contribution in [0.2, 0.25) is 0 Å². The fourth-order valence-electron chi connectivity index (χ4n) is 5.08. The lowest BCUT2D eigenvalue weighted by molar-refractivity contribution is -0.136. The van der Waals surface area contributed by atoms with Gasteiger partial charge in [0.1, 0.15) is 6.04 Å². The monoisotopic (exact) mass is 384 g/mol. The maximum atomic E-state index is 13.0. The summed E-state index contributed by atoms with van der Waals surface area (Å²) in [6.07, 6.45) is 0.639. The molecule has 3 saturated heterocycles. The van der Waals surface area contributed by atoms with Crippen molar-refractivity contribution in [2.75, 3.05) is 19.8 Å². The first-order chi connectivity index (χ1) is 13.5. The zero-order chi connectivity index (χ0) is 19.4. The summed E-state index contributed by atoms with van der Waals surface area (Å²) in [6.45, 7) is 3.37. The molecule has 28 heavy (non-hydrogen) atoms. The van der Waals surface area contributed by atoms with Crippen LogP contribution in [0.4, 0.5) is 0 Å². The zero-order valence-corrected chi connectivity index (χ0v) is 15.6. The third-order valence-corrected chi connectivity index (χ3v) is 6.61. The molecule has 4 unspecified atom stereocenters. The molecule has 4 heterocycles. The van der Waals surface area contributed by atoms with Gasteiger partial charge in [-0.05, 0) is 23.6 Å². The van der Waals surface area contributed by atoms with Gasteiger partial charge in [0.2, 0.25) is 11.8 Å². The Morgan fingerprint density at radius 1 is 1.21 bits per heavy atom. The molecule has 1 aromatic rings. The Labute approximate surface area is 163 Å². The third kappa shape index (κ3) is 2.75. The molecule has 4 aliphatic heterocycles. The Kier molecular flexibility index (Phi) is 4.22. The van der Waals surface area contributed by atoms with E-state index in [1.165, 1.54) is 0 Å². The van der Waals surface area contributed by atoms with Crippen LogP contribution < -0.4 is 11.1 Å². The maximum Gasteiger partial charge on any atom is 0.255 e. The van der Waals surface area contributed by atoms with E-state index in [0.29, 0.717) is 37.1 Å². The summed E-state index contributed by atoms with van der Waals surface area (Å²) in [5.74, 6) is -0.412. The molecule has 1 aromatic carbocycles. The highest BCUT2D eigenvalue weighted by Gasteiger charge is 2.44. The number of carbonyl (C=O) groups excluding carboxylic acids is 3. The number of ether oxygens (including phenoxy) is 1. The number of likely N-dealkylation sites (tertiary alicyclic amines) is 1. The lowest BCUT2D eigenvalue weighted by atomic mass is 10.00. The first-order valence-electron chi connectivity index (χ1n) is 9.85. The number of amides is 3. The van der Waals surface area contributed by atoms with Gasteiger partial charge in [-0.3, -0.25) is 24.6 Å². The minimum Gasteiger partial charge on any atom is -0.379 e. The van der Waals surface area contributed by atoms with Crippen molar-refractivity contribution in [1.82, 2.24) is 15.1 Å². The van der Waals surface area contributed by atoms with E-state index in [2.05, 4.69) is 16.3 Å². The first kappa shape index (κ1) is 17.8. The summed E-state index contributed by atoms with van der Waals surface area (Å²) in [5.41, 5.74) is 9.02. The molecule has 0 saturated carbocycles. The average molecular weight is 384 g/mol. The van der Waals surface area contributed by atoms with E-state index in [0.717, 1.165) is 30.8 Å². The summed E-state index contributed by atoms with van der Waals surface area (Å²) in [6, 6.07) is 5.64. The van der Waals surface area contributed by atoms with E-state index >= 15 is 0 Å². The second-order valence-electron chi connectivity index (χ2n) is 8.21. The van der Waals surface area contributed by atoms with E-state index in [1.54, 1.807) is 4.90 Å². The van der Waals surface area contributed by atoms with Gasteiger partial charge < -0.3 is 15.4 Å². The number of benzene rings is 1. The highest BCUT2D eigenvalue weighted by Crippen LogP contribution is 2.34. The molecule has 0 radical (unpaired) electrons. The number of rotatable bonds is 3. The van der Waals surface area contributed by atoms with Crippen molar-refractivity contribution >= 4 is 17.7 Å². The van der Waals surface area contributed by atoms with Gasteiger partial charge >= 0.3 is 0 Å². The SMILES string of the molecule is NC1CN(Cc2cccc3c2CN(C2CCC(=O)NC2=O)C3=O)C2COCC12. The van der Waals surface area contributed by atoms with E-state index in [-0.39, 0.29) is 30.2 Å². The number of hydrogen-bond acceptors (Lipinski definition) is 6. The summed E-state index contributed by atoms with van der Waals surface area (Å²) in [5, 5.41) is 2.35. The van der Waals surface area contributed by atoms with Crippen molar-refractivity contribution in [3.05, 3.63) is 34.9 Å². The highest BCUT2D eigenvalue weighted by molar-refractivity contribution is 6.05. The van der Waals surface area contributed by atoms with Crippen LogP contribution in [0.25, 0.3) is 0 Å². The predicted octanol–water partition coefficient (Wildman–Crippen LogP) is -0.394. The lowest BCUT2D eigenvalue weighted by Gasteiger charge is -2.29. The Balaban J connectivity index is 1.38. The van der Waals surface area contributed by atoms with Crippen LogP contribution in [-0.4, -0.2) is 65.4 Å². The highest BCUT2D eigenvalue weighted by atomic mass is 16.5. The van der Waals surface area contributed by atoms with Gasteiger partial charge in [0, 0.05) is 49.6 Å². The van der Waals surface area contributed by atoms with Gasteiger partial charge in [0.15, 0.2) is 0 Å². The second kappa shape index (κ2) is 6.65. The van der Waals surface area contributed by atoms with Gasteiger partial charge in [-0.1, -0.05) is 12.1 Å². The van der Waals surface area contributed by atoms with E-state index in [1.807, 2.05) is 12.1 Å². The molecular weight excluding hydrogens is 360 g/mol. The smallest absolute Gasteiger partial charge is 0.255 e. The van der Waals surface area contributed by atoms with Crippen LogP contribution in [-0.2, 0) is 27.4 Å². The molecule has 3 N–H and O–H groups in total. The second-order valence-corrected chi connectivity index (χ2v) is 8.21. The molecule has 0 aliphatic carbocycles. The molecule has 8 nitrogen and oxygen atoms in total. The van der Waals surface area contributed by atoms with Crippen molar-refractivity contribution in [2.24, 2.45) is 11.7 Å². The third-order valence-electron chi connectivity index (χ3n) is 6.61. The van der Waals surface area contributed by atoms with Gasteiger partial charge in [0.25, 0.3) is 5.91 Å². The zero-order valence-electron chi connectivity index (χ0n) is 15.6. The Bertz CT molecular complexity index is 857. The predicted molar refractivity (Wildman–Crippen MR) is 99.0 cm³/mol. The number of hydrogen-bond donors (Lipinski definition) is 2. The van der Waals surface area contributed by atoms with Crippen LogP contribution in [0.1, 0.15) is 34.3 Å². The molecule has 0 bridgehead atoms. The molecule has 5 rings (SSSR count). The van der Waals surface area contributed by atoms with E-state index in [9.17, 15) is 14.4 Å². The minimum absolute atomic E-state index is 0.117. The Morgan fingerprint density at radius 2 is 2.07 bits per heavy atom. The Hall–Kier alpha value is -2.29. The maximum absolute atomic E-state index is 13.0. The standard InChI is InChI=1S/C20H24N4O4/c21-15-8-23(17-10-28-9-14(15)17)6-11-2-1-3-12-13(11)7-24(20(12)27)16-4-5-18(25)22-19(16)26/h1-3,14-17H,4-10,21H2,(H,22,25,26). The molecule has 0 spiro atoms. The average Bonchev–Trinajstić information content (AvgIpc) is 3.34. The number of carbonyl (C=O) groups is 3. The van der Waals surface area contributed by atoms with Gasteiger partial charge in [-0.25, -0.2) is 0 Å². The lowest BCUT2D eigenvalue weighted by Crippen LogP contribution is -2.52. The van der Waals surface area contributed by atoms with Crippen molar-refractivity contribution < 1.29 is 19.1 Å². The van der Waals surface area contributed by atoms with E-state index < -0.39 is 6.04 Å². The number of piperidine rings is 1. The van der Waals surface area contributed by atoms with Gasteiger partial charge in [-0.2, -0.15) is 0 Å². The van der Waals surface area contributed by atoms with Gasteiger partial charge in [-0.15, -0.1) is 0 Å². The topological polar surface area (TPSA) is 105 Å². The van der Waals surface area contributed by atoms with Crippen molar-refractivity contribution in [1.29, 1.82) is 0 Å². The molecule has 4 atom stereocenters. The molecule has 4 aliphatic rings. The summed E-state index contributed by atoms with van der Waals surface area (Å²) >= 11 is 0. The fraction of sp³-hybridized carbons (Fsp3) is 0.550. The fourth-order valence-corrected chi connectivity index (χ4v) is 5.08. The Morgan fingerprint density at radius 3 is 2.89 bits per heavy atom. The van der Waals surface area contributed by atoms with E-state index in [4.69, 9.17) is 10.5 Å². The number of nitrogens with zero attached hydrogens (tertiary/aromatic N) is 2. The van der Waals surface area contributed by atoms with Crippen molar-refractivity contribution in [2.45, 2.75) is 44.1 Å². The van der Waals surface area contributed by atoms with Crippen LogP contribution in [0, 0.1) is 5.92 Å². The van der Waals surface area contributed by atoms with Crippen LogP contribution in [0.3, 0.4) is 0 Å². The summed E-state index contributed by atoms with van der Waals surface area (Å²) < 4.78 is 5.62. The number of nitrogens with one attached hydrogen (secondary N) is 1. The van der Waals surface area contributed by atoms with Crippen LogP contribution in [0.15, 0.2) is 18.2 Å². The first-order valence-corrected chi connectivity index (χ1v) is 9.85. The van der Waals surface area contributed by atoms with Gasteiger partial charge in [0.05, 0.1) is 13.2 Å².